The van der Waals surface area contributed by atoms with Gasteiger partial charge in [-0.25, -0.2) is 0 Å². The molecule has 1 saturated heterocycles. The molecule has 3 nitrogen and oxygen atoms in total. The molecule has 0 atom stereocenters. The highest BCUT2D eigenvalue weighted by molar-refractivity contribution is 8.00. The first kappa shape index (κ1) is 15.7. The van der Waals surface area contributed by atoms with E-state index in [1.807, 2.05) is 0 Å². The van der Waals surface area contributed by atoms with Crippen molar-refractivity contribution >= 4 is 11.8 Å². The van der Waals surface area contributed by atoms with Gasteiger partial charge in [0.1, 0.15) is 5.75 Å². The first-order chi connectivity index (χ1) is 9.54. The fourth-order valence-electron chi connectivity index (χ4n) is 2.53. The van der Waals surface area contributed by atoms with Crippen LogP contribution >= 0.6 is 11.8 Å². The molecule has 0 radical (unpaired) electrons. The summed E-state index contributed by atoms with van der Waals surface area (Å²) >= 11 is 2.09. The standard InChI is InChI=1S/C16H26N2OS/c1-16(2)6-7-18(8-9-20-16)12-13-4-5-14(11-17)15(10-13)19-3/h4-5,10H,6-9,11-12,17H2,1-3H3. The van der Waals surface area contributed by atoms with E-state index in [1.165, 1.54) is 24.3 Å². The van der Waals surface area contributed by atoms with Gasteiger partial charge in [0, 0.05) is 35.7 Å². The van der Waals surface area contributed by atoms with Crippen molar-refractivity contribution in [1.29, 1.82) is 0 Å². The normalized spacial score (nSPS) is 19.6. The molecular weight excluding hydrogens is 268 g/mol. The van der Waals surface area contributed by atoms with Crippen LogP contribution in [-0.4, -0.2) is 35.6 Å². The Labute approximate surface area is 126 Å². The molecule has 1 heterocycles. The van der Waals surface area contributed by atoms with E-state index in [1.54, 1.807) is 7.11 Å². The lowest BCUT2D eigenvalue weighted by Crippen LogP contribution is -2.26. The molecule has 1 aliphatic heterocycles. The van der Waals surface area contributed by atoms with Gasteiger partial charge in [0.15, 0.2) is 0 Å². The molecule has 20 heavy (non-hydrogen) atoms. The maximum absolute atomic E-state index is 5.72. The Morgan fingerprint density at radius 2 is 2.15 bits per heavy atom. The SMILES string of the molecule is COc1cc(CN2CCSC(C)(C)CC2)ccc1CN. The molecular formula is C16H26N2OS. The van der Waals surface area contributed by atoms with Crippen LogP contribution < -0.4 is 10.5 Å². The van der Waals surface area contributed by atoms with Crippen LogP contribution in [0.4, 0.5) is 0 Å². The van der Waals surface area contributed by atoms with Crippen LogP contribution in [0.2, 0.25) is 0 Å². The molecule has 1 aromatic rings. The maximum atomic E-state index is 5.72. The quantitative estimate of drug-likeness (QED) is 0.927. The molecule has 112 valence electrons. The third-order valence-corrected chi connectivity index (χ3v) is 5.28. The zero-order valence-corrected chi connectivity index (χ0v) is 13.6. The van der Waals surface area contributed by atoms with Crippen molar-refractivity contribution in [2.45, 2.75) is 38.1 Å². The van der Waals surface area contributed by atoms with Crippen LogP contribution in [0.15, 0.2) is 18.2 Å². The average Bonchev–Trinajstić information content (AvgIpc) is 2.60. The van der Waals surface area contributed by atoms with Gasteiger partial charge in [0.05, 0.1) is 7.11 Å². The summed E-state index contributed by atoms with van der Waals surface area (Å²) < 4.78 is 5.83. The van der Waals surface area contributed by atoms with Gasteiger partial charge in [-0.15, -0.1) is 0 Å². The molecule has 2 rings (SSSR count). The zero-order chi connectivity index (χ0) is 14.6. The molecule has 0 bridgehead atoms. The van der Waals surface area contributed by atoms with Gasteiger partial charge >= 0.3 is 0 Å². The summed E-state index contributed by atoms with van der Waals surface area (Å²) in [6.07, 6.45) is 1.25. The molecule has 0 saturated carbocycles. The predicted octanol–water partition coefficient (Wildman–Crippen LogP) is 2.87. The molecule has 2 N–H and O–H groups in total. The van der Waals surface area contributed by atoms with Crippen molar-refractivity contribution in [2.75, 3.05) is 26.0 Å². The van der Waals surface area contributed by atoms with Gasteiger partial charge < -0.3 is 10.5 Å². The number of hydrogen-bond donors (Lipinski definition) is 1. The van der Waals surface area contributed by atoms with Crippen molar-refractivity contribution in [3.63, 3.8) is 0 Å². The molecule has 0 aliphatic carbocycles. The third-order valence-electron chi connectivity index (χ3n) is 3.91. The van der Waals surface area contributed by atoms with Crippen molar-refractivity contribution < 1.29 is 4.74 Å². The van der Waals surface area contributed by atoms with Crippen LogP contribution in [0.25, 0.3) is 0 Å². The van der Waals surface area contributed by atoms with Gasteiger partial charge in [0.2, 0.25) is 0 Å². The third kappa shape index (κ3) is 4.14. The fraction of sp³-hybridized carbons (Fsp3) is 0.625. The van der Waals surface area contributed by atoms with Crippen LogP contribution in [0.3, 0.4) is 0 Å². The van der Waals surface area contributed by atoms with Gasteiger partial charge in [-0.2, -0.15) is 11.8 Å². The monoisotopic (exact) mass is 294 g/mol. The Hall–Kier alpha value is -0.710. The molecule has 1 aromatic carbocycles. The minimum atomic E-state index is 0.413. The molecule has 0 aromatic heterocycles. The smallest absolute Gasteiger partial charge is 0.123 e. The van der Waals surface area contributed by atoms with Crippen LogP contribution in [0, 0.1) is 0 Å². The Balaban J connectivity index is 2.02. The molecule has 0 amide bonds. The first-order valence-corrected chi connectivity index (χ1v) is 8.25. The van der Waals surface area contributed by atoms with Gasteiger partial charge in [-0.3, -0.25) is 4.90 Å². The number of hydrogen-bond acceptors (Lipinski definition) is 4. The Morgan fingerprint density at radius 3 is 2.85 bits per heavy atom. The summed E-state index contributed by atoms with van der Waals surface area (Å²) in [6.45, 7) is 8.55. The van der Waals surface area contributed by atoms with Crippen LogP contribution in [-0.2, 0) is 13.1 Å². The predicted molar refractivity (Wildman–Crippen MR) is 87.3 cm³/mol. The molecule has 1 fully saturated rings. The number of methoxy groups -OCH3 is 1. The Bertz CT molecular complexity index is 448. The highest BCUT2D eigenvalue weighted by atomic mass is 32.2. The largest absolute Gasteiger partial charge is 0.496 e. The first-order valence-electron chi connectivity index (χ1n) is 7.26. The van der Waals surface area contributed by atoms with E-state index >= 15 is 0 Å². The summed E-state index contributed by atoms with van der Waals surface area (Å²) in [5.41, 5.74) is 8.10. The number of ether oxygens (including phenoxy) is 1. The van der Waals surface area contributed by atoms with Crippen molar-refractivity contribution in [1.82, 2.24) is 4.90 Å². The van der Waals surface area contributed by atoms with Crippen molar-refractivity contribution in [3.8, 4) is 5.75 Å². The van der Waals surface area contributed by atoms with Gasteiger partial charge in [0.25, 0.3) is 0 Å². The summed E-state index contributed by atoms with van der Waals surface area (Å²) in [4.78, 5) is 2.54. The van der Waals surface area contributed by atoms with E-state index in [0.29, 0.717) is 11.3 Å². The highest BCUT2D eigenvalue weighted by Gasteiger charge is 2.23. The van der Waals surface area contributed by atoms with E-state index in [2.05, 4.69) is 48.7 Å². The van der Waals surface area contributed by atoms with Crippen LogP contribution in [0.1, 0.15) is 31.4 Å². The highest BCUT2D eigenvalue weighted by Crippen LogP contribution is 2.31. The zero-order valence-electron chi connectivity index (χ0n) is 12.8. The van der Waals surface area contributed by atoms with E-state index in [4.69, 9.17) is 10.5 Å². The van der Waals surface area contributed by atoms with Gasteiger partial charge in [-0.05, 0) is 24.6 Å². The van der Waals surface area contributed by atoms with Crippen LogP contribution in [0.5, 0.6) is 5.75 Å². The second-order valence-electron chi connectivity index (χ2n) is 5.98. The summed E-state index contributed by atoms with van der Waals surface area (Å²) in [5.74, 6) is 2.12. The Kier molecular flexibility index (Phi) is 5.35. The second kappa shape index (κ2) is 6.83. The number of nitrogens with two attached hydrogens (primary N) is 1. The minimum Gasteiger partial charge on any atom is -0.496 e. The lowest BCUT2D eigenvalue weighted by Gasteiger charge is -2.23. The summed E-state index contributed by atoms with van der Waals surface area (Å²) in [6, 6.07) is 6.39. The molecule has 4 heteroatoms. The molecule has 0 unspecified atom stereocenters. The minimum absolute atomic E-state index is 0.413. The maximum Gasteiger partial charge on any atom is 0.123 e. The van der Waals surface area contributed by atoms with Crippen molar-refractivity contribution in [3.05, 3.63) is 29.3 Å². The average molecular weight is 294 g/mol. The second-order valence-corrected chi connectivity index (χ2v) is 7.79. The molecule has 1 aliphatic rings. The lowest BCUT2D eigenvalue weighted by atomic mass is 10.1. The summed E-state index contributed by atoms with van der Waals surface area (Å²) in [7, 11) is 1.71. The number of rotatable bonds is 4. The number of nitrogens with zero attached hydrogens (tertiary/aromatic N) is 1. The van der Waals surface area contributed by atoms with Crippen molar-refractivity contribution in [2.24, 2.45) is 5.73 Å². The van der Waals surface area contributed by atoms with E-state index < -0.39 is 0 Å². The number of thioether (sulfide) groups is 1. The van der Waals surface area contributed by atoms with E-state index in [-0.39, 0.29) is 0 Å². The Morgan fingerprint density at radius 1 is 1.35 bits per heavy atom. The summed E-state index contributed by atoms with van der Waals surface area (Å²) in [5, 5.41) is 0. The number of benzene rings is 1. The van der Waals surface area contributed by atoms with E-state index in [0.717, 1.165) is 24.4 Å². The lowest BCUT2D eigenvalue weighted by molar-refractivity contribution is 0.276. The molecule has 0 spiro atoms. The van der Waals surface area contributed by atoms with Gasteiger partial charge in [-0.1, -0.05) is 26.0 Å². The topological polar surface area (TPSA) is 38.5 Å². The van der Waals surface area contributed by atoms with E-state index in [9.17, 15) is 0 Å². The fourth-order valence-corrected chi connectivity index (χ4v) is 3.67.